The Morgan fingerprint density at radius 1 is 1.33 bits per heavy atom. The zero-order valence-corrected chi connectivity index (χ0v) is 14.2. The van der Waals surface area contributed by atoms with Gasteiger partial charge in [-0.3, -0.25) is 4.79 Å². The molecule has 0 atom stereocenters. The van der Waals surface area contributed by atoms with Gasteiger partial charge >= 0.3 is 0 Å². The molecule has 0 aliphatic carbocycles. The average Bonchev–Trinajstić information content (AvgIpc) is 2.54. The molecule has 2 rings (SSSR count). The molecule has 1 aromatic carbocycles. The lowest BCUT2D eigenvalue weighted by Crippen LogP contribution is -2.16. The molecule has 1 heterocycles. The maximum Gasteiger partial charge on any atom is 0.274 e. The summed E-state index contributed by atoms with van der Waals surface area (Å²) in [6.07, 6.45) is 0.815. The average molecular weight is 353 g/mol. The highest BCUT2D eigenvalue weighted by atomic mass is 35.5. The summed E-state index contributed by atoms with van der Waals surface area (Å²) in [5, 5.41) is 5.68. The van der Waals surface area contributed by atoms with Gasteiger partial charge in [0.25, 0.3) is 5.91 Å². The van der Waals surface area contributed by atoms with Crippen LogP contribution in [-0.4, -0.2) is 36.1 Å². The maximum absolute atomic E-state index is 13.2. The number of amides is 1. The predicted molar refractivity (Wildman–Crippen MR) is 91.1 cm³/mol. The Bertz CT molecular complexity index is 727. The van der Waals surface area contributed by atoms with Crippen molar-refractivity contribution in [2.75, 3.05) is 30.9 Å². The number of methoxy groups -OCH3 is 1. The third kappa shape index (κ3) is 5.14. The predicted octanol–water partition coefficient (Wildman–Crippen LogP) is 3.28. The van der Waals surface area contributed by atoms with Gasteiger partial charge in [-0.15, -0.1) is 0 Å². The molecule has 8 heteroatoms. The number of rotatable bonds is 7. The molecule has 6 nitrogen and oxygen atoms in total. The van der Waals surface area contributed by atoms with Crippen LogP contribution < -0.4 is 10.6 Å². The molecule has 0 aliphatic rings. The molecular formula is C16H18ClFN4O2. The van der Waals surface area contributed by atoms with Crippen LogP contribution in [0.3, 0.4) is 0 Å². The second kappa shape index (κ2) is 8.56. The van der Waals surface area contributed by atoms with Gasteiger partial charge in [-0.25, -0.2) is 14.4 Å². The van der Waals surface area contributed by atoms with Crippen molar-refractivity contribution in [2.45, 2.75) is 13.3 Å². The fourth-order valence-corrected chi connectivity index (χ4v) is 2.16. The molecule has 2 N–H and O–H groups in total. The molecule has 24 heavy (non-hydrogen) atoms. The summed E-state index contributed by atoms with van der Waals surface area (Å²) >= 11 is 5.70. The Morgan fingerprint density at radius 3 is 2.83 bits per heavy atom. The Hall–Kier alpha value is -2.25. The van der Waals surface area contributed by atoms with Gasteiger partial charge in [0.15, 0.2) is 0 Å². The Labute approximate surface area is 144 Å². The number of carbonyl (C=O) groups excluding carboxylic acids is 1. The lowest BCUT2D eigenvalue weighted by atomic mass is 10.3. The lowest BCUT2D eigenvalue weighted by Gasteiger charge is -2.09. The van der Waals surface area contributed by atoms with Crippen molar-refractivity contribution in [1.29, 1.82) is 0 Å². The number of anilines is 2. The number of benzene rings is 1. The molecule has 0 saturated heterocycles. The fraction of sp³-hybridized carbons (Fsp3) is 0.312. The minimum absolute atomic E-state index is 0.0628. The molecule has 0 bridgehead atoms. The number of aryl methyl sites for hydroxylation is 1. The van der Waals surface area contributed by atoms with Gasteiger partial charge in [0, 0.05) is 32.0 Å². The van der Waals surface area contributed by atoms with Crippen molar-refractivity contribution in [1.82, 2.24) is 9.97 Å². The summed E-state index contributed by atoms with van der Waals surface area (Å²) in [6, 6.07) is 5.51. The topological polar surface area (TPSA) is 76.1 Å². The molecule has 0 aliphatic heterocycles. The number of aromatic nitrogens is 2. The minimum Gasteiger partial charge on any atom is -0.385 e. The molecule has 0 spiro atoms. The van der Waals surface area contributed by atoms with Crippen LogP contribution >= 0.6 is 11.6 Å². The highest BCUT2D eigenvalue weighted by molar-refractivity contribution is 6.31. The zero-order valence-electron chi connectivity index (χ0n) is 13.4. The third-order valence-corrected chi connectivity index (χ3v) is 3.37. The van der Waals surface area contributed by atoms with Crippen LogP contribution in [0, 0.1) is 12.7 Å². The fourth-order valence-electron chi connectivity index (χ4n) is 1.98. The number of carbonyl (C=O) groups is 1. The molecule has 0 saturated carbocycles. The van der Waals surface area contributed by atoms with Crippen molar-refractivity contribution >= 4 is 29.0 Å². The van der Waals surface area contributed by atoms with E-state index in [9.17, 15) is 9.18 Å². The largest absolute Gasteiger partial charge is 0.385 e. The normalized spacial score (nSPS) is 10.5. The van der Waals surface area contributed by atoms with Gasteiger partial charge in [-0.1, -0.05) is 11.6 Å². The van der Waals surface area contributed by atoms with E-state index >= 15 is 0 Å². The van der Waals surface area contributed by atoms with Crippen molar-refractivity contribution in [3.8, 4) is 0 Å². The van der Waals surface area contributed by atoms with E-state index in [1.54, 1.807) is 20.1 Å². The van der Waals surface area contributed by atoms with Gasteiger partial charge < -0.3 is 15.4 Å². The molecule has 0 unspecified atom stereocenters. The molecule has 1 aromatic heterocycles. The third-order valence-electron chi connectivity index (χ3n) is 3.08. The number of ether oxygens (including phenoxy) is 1. The Balaban J connectivity index is 2.07. The first-order valence-electron chi connectivity index (χ1n) is 7.34. The molecule has 128 valence electrons. The molecule has 2 aromatic rings. The van der Waals surface area contributed by atoms with E-state index in [0.717, 1.165) is 6.42 Å². The zero-order chi connectivity index (χ0) is 17.5. The number of nitrogens with one attached hydrogen (secondary N) is 2. The first-order valence-corrected chi connectivity index (χ1v) is 7.72. The van der Waals surface area contributed by atoms with Crippen LogP contribution in [0.1, 0.15) is 22.7 Å². The van der Waals surface area contributed by atoms with Gasteiger partial charge in [-0.05, 0) is 31.5 Å². The molecule has 0 radical (unpaired) electrons. The number of hydrogen-bond acceptors (Lipinski definition) is 5. The number of halogens is 2. The van der Waals surface area contributed by atoms with E-state index < -0.39 is 11.7 Å². The number of hydrogen-bond donors (Lipinski definition) is 2. The van der Waals surface area contributed by atoms with E-state index in [0.29, 0.717) is 30.5 Å². The highest BCUT2D eigenvalue weighted by Crippen LogP contribution is 2.20. The van der Waals surface area contributed by atoms with Gasteiger partial charge in [0.1, 0.15) is 23.2 Å². The van der Waals surface area contributed by atoms with Crippen molar-refractivity contribution < 1.29 is 13.9 Å². The summed E-state index contributed by atoms with van der Waals surface area (Å²) in [5.41, 5.74) is 0.592. The SMILES string of the molecule is COCCCNc1cc(C(=O)Nc2ccc(F)c(Cl)c2)nc(C)n1. The standard InChI is InChI=1S/C16H18ClFN4O2/c1-10-20-14(9-15(21-10)19-6-3-7-24-2)16(23)22-11-4-5-13(18)12(17)8-11/h4-5,8-9H,3,6-7H2,1-2H3,(H,22,23)(H,19,20,21). The summed E-state index contributed by atoms with van der Waals surface area (Å²) in [5.74, 6) is 0.0492. The van der Waals surface area contributed by atoms with Crippen LogP contribution in [0.2, 0.25) is 5.02 Å². The molecule has 0 fully saturated rings. The van der Waals surface area contributed by atoms with E-state index in [2.05, 4.69) is 20.6 Å². The second-order valence-corrected chi connectivity index (χ2v) is 5.45. The van der Waals surface area contributed by atoms with Gasteiger partial charge in [0.2, 0.25) is 0 Å². The highest BCUT2D eigenvalue weighted by Gasteiger charge is 2.12. The lowest BCUT2D eigenvalue weighted by molar-refractivity contribution is 0.102. The molecular weight excluding hydrogens is 335 g/mol. The molecule has 1 amide bonds. The van der Waals surface area contributed by atoms with Crippen LogP contribution in [0.25, 0.3) is 0 Å². The summed E-state index contributed by atoms with van der Waals surface area (Å²) in [6.45, 7) is 3.00. The van der Waals surface area contributed by atoms with Crippen molar-refractivity contribution in [3.05, 3.63) is 46.6 Å². The summed E-state index contributed by atoms with van der Waals surface area (Å²) in [7, 11) is 1.64. The van der Waals surface area contributed by atoms with Crippen LogP contribution in [0.5, 0.6) is 0 Å². The maximum atomic E-state index is 13.2. The van der Waals surface area contributed by atoms with E-state index in [4.69, 9.17) is 16.3 Å². The Kier molecular flexibility index (Phi) is 6.45. The van der Waals surface area contributed by atoms with E-state index in [1.165, 1.54) is 18.2 Å². The first kappa shape index (κ1) is 18.1. The Morgan fingerprint density at radius 2 is 2.12 bits per heavy atom. The summed E-state index contributed by atoms with van der Waals surface area (Å²) in [4.78, 5) is 20.7. The first-order chi connectivity index (χ1) is 11.5. The van der Waals surface area contributed by atoms with Gasteiger partial charge in [0.05, 0.1) is 5.02 Å². The van der Waals surface area contributed by atoms with Crippen molar-refractivity contribution in [2.24, 2.45) is 0 Å². The van der Waals surface area contributed by atoms with Crippen LogP contribution in [0.4, 0.5) is 15.9 Å². The smallest absolute Gasteiger partial charge is 0.274 e. The van der Waals surface area contributed by atoms with Crippen LogP contribution in [-0.2, 0) is 4.74 Å². The van der Waals surface area contributed by atoms with Crippen molar-refractivity contribution in [3.63, 3.8) is 0 Å². The second-order valence-electron chi connectivity index (χ2n) is 5.04. The summed E-state index contributed by atoms with van der Waals surface area (Å²) < 4.78 is 18.1. The quantitative estimate of drug-likeness (QED) is 0.748. The van der Waals surface area contributed by atoms with E-state index in [-0.39, 0.29) is 10.7 Å². The minimum atomic E-state index is -0.546. The number of nitrogens with zero attached hydrogens (tertiary/aromatic N) is 2. The monoisotopic (exact) mass is 352 g/mol. The van der Waals surface area contributed by atoms with Crippen LogP contribution in [0.15, 0.2) is 24.3 Å². The van der Waals surface area contributed by atoms with E-state index in [1.807, 2.05) is 0 Å². The van der Waals surface area contributed by atoms with Gasteiger partial charge in [-0.2, -0.15) is 0 Å².